The van der Waals surface area contributed by atoms with Crippen molar-refractivity contribution >= 4 is 0 Å². The van der Waals surface area contributed by atoms with Gasteiger partial charge in [-0.2, -0.15) is 0 Å². The van der Waals surface area contributed by atoms with Crippen molar-refractivity contribution in [3.8, 4) is 0 Å². The molecule has 1 unspecified atom stereocenters. The predicted octanol–water partition coefficient (Wildman–Crippen LogP) is 2.66. The molecule has 0 bridgehead atoms. The van der Waals surface area contributed by atoms with E-state index < -0.39 is 0 Å². The van der Waals surface area contributed by atoms with Gasteiger partial charge in [0, 0.05) is 25.7 Å². The van der Waals surface area contributed by atoms with Crippen LogP contribution in [0.1, 0.15) is 39.0 Å². The highest BCUT2D eigenvalue weighted by Gasteiger charge is 2.17. The van der Waals surface area contributed by atoms with E-state index in [-0.39, 0.29) is 0 Å². The molecule has 1 aliphatic rings. The van der Waals surface area contributed by atoms with E-state index in [1.807, 2.05) is 6.08 Å². The lowest BCUT2D eigenvalue weighted by molar-refractivity contribution is 0.189. The SMILES string of the molecule is C=CCNCC(C)N(C)CC1CCCCC1. The van der Waals surface area contributed by atoms with Gasteiger partial charge in [0.15, 0.2) is 0 Å². The van der Waals surface area contributed by atoms with E-state index in [0.29, 0.717) is 6.04 Å². The van der Waals surface area contributed by atoms with Gasteiger partial charge in [-0.05, 0) is 32.7 Å². The van der Waals surface area contributed by atoms with Crippen molar-refractivity contribution < 1.29 is 0 Å². The molecule has 1 atom stereocenters. The maximum Gasteiger partial charge on any atom is 0.0189 e. The number of likely N-dealkylation sites (N-methyl/N-ethyl adjacent to an activating group) is 1. The molecule has 0 radical (unpaired) electrons. The van der Waals surface area contributed by atoms with Crippen molar-refractivity contribution in [1.29, 1.82) is 0 Å². The Hall–Kier alpha value is -0.340. The molecule has 1 aliphatic carbocycles. The molecule has 0 saturated heterocycles. The third-order valence-electron chi connectivity index (χ3n) is 3.75. The first kappa shape index (κ1) is 13.7. The quantitative estimate of drug-likeness (QED) is 0.528. The standard InChI is InChI=1S/C14H28N2/c1-4-10-15-11-13(2)16(3)12-14-8-6-5-7-9-14/h4,13-15H,1,5-12H2,2-3H3. The third kappa shape index (κ3) is 5.13. The van der Waals surface area contributed by atoms with E-state index in [9.17, 15) is 0 Å². The molecule has 1 fully saturated rings. The van der Waals surface area contributed by atoms with Gasteiger partial charge in [-0.15, -0.1) is 6.58 Å². The lowest BCUT2D eigenvalue weighted by Crippen LogP contribution is -2.40. The van der Waals surface area contributed by atoms with Crippen molar-refractivity contribution in [2.75, 3.05) is 26.7 Å². The second-order valence-electron chi connectivity index (χ2n) is 5.24. The smallest absolute Gasteiger partial charge is 0.0189 e. The van der Waals surface area contributed by atoms with Crippen LogP contribution in [0.5, 0.6) is 0 Å². The molecule has 16 heavy (non-hydrogen) atoms. The van der Waals surface area contributed by atoms with Crippen LogP contribution in [0.25, 0.3) is 0 Å². The third-order valence-corrected chi connectivity index (χ3v) is 3.75. The molecule has 0 aliphatic heterocycles. The molecule has 1 N–H and O–H groups in total. The summed E-state index contributed by atoms with van der Waals surface area (Å²) >= 11 is 0. The van der Waals surface area contributed by atoms with Crippen molar-refractivity contribution in [2.24, 2.45) is 5.92 Å². The Balaban J connectivity index is 2.16. The highest BCUT2D eigenvalue weighted by molar-refractivity contribution is 4.75. The Kier molecular flexibility index (Phi) is 6.74. The average Bonchev–Trinajstić information content (AvgIpc) is 2.30. The monoisotopic (exact) mass is 224 g/mol. The Morgan fingerprint density at radius 3 is 2.69 bits per heavy atom. The zero-order chi connectivity index (χ0) is 11.8. The molecular weight excluding hydrogens is 196 g/mol. The van der Waals surface area contributed by atoms with E-state index in [1.165, 1.54) is 38.6 Å². The van der Waals surface area contributed by atoms with E-state index in [1.54, 1.807) is 0 Å². The van der Waals surface area contributed by atoms with E-state index in [2.05, 4.69) is 30.8 Å². The largest absolute Gasteiger partial charge is 0.312 e. The zero-order valence-corrected chi connectivity index (χ0v) is 11.0. The molecule has 1 rings (SSSR count). The Morgan fingerprint density at radius 1 is 1.38 bits per heavy atom. The Morgan fingerprint density at radius 2 is 2.06 bits per heavy atom. The average molecular weight is 224 g/mol. The first-order chi connectivity index (χ1) is 7.74. The Labute approximate surface area is 101 Å². The minimum Gasteiger partial charge on any atom is -0.312 e. The van der Waals surface area contributed by atoms with Gasteiger partial charge in [-0.3, -0.25) is 0 Å². The number of rotatable bonds is 7. The first-order valence-corrected chi connectivity index (χ1v) is 6.76. The topological polar surface area (TPSA) is 15.3 Å². The van der Waals surface area contributed by atoms with Gasteiger partial charge in [0.2, 0.25) is 0 Å². The molecule has 94 valence electrons. The molecule has 2 heteroatoms. The van der Waals surface area contributed by atoms with Crippen LogP contribution in [0.15, 0.2) is 12.7 Å². The lowest BCUT2D eigenvalue weighted by Gasteiger charge is -2.31. The zero-order valence-electron chi connectivity index (χ0n) is 11.0. The van der Waals surface area contributed by atoms with Crippen molar-refractivity contribution in [3.05, 3.63) is 12.7 Å². The van der Waals surface area contributed by atoms with E-state index >= 15 is 0 Å². The summed E-state index contributed by atoms with van der Waals surface area (Å²) in [5.74, 6) is 0.945. The lowest BCUT2D eigenvalue weighted by atomic mass is 9.89. The second kappa shape index (κ2) is 7.86. The minimum atomic E-state index is 0.627. The fourth-order valence-electron chi connectivity index (χ4n) is 2.51. The fourth-order valence-corrected chi connectivity index (χ4v) is 2.51. The number of hydrogen-bond donors (Lipinski definition) is 1. The minimum absolute atomic E-state index is 0.627. The maximum absolute atomic E-state index is 3.72. The summed E-state index contributed by atoms with van der Waals surface area (Å²) in [6.07, 6.45) is 9.15. The van der Waals surface area contributed by atoms with Crippen LogP contribution in [0.3, 0.4) is 0 Å². The van der Waals surface area contributed by atoms with Gasteiger partial charge in [0.1, 0.15) is 0 Å². The summed E-state index contributed by atoms with van der Waals surface area (Å²) in [6, 6.07) is 0.627. The molecule has 0 amide bonds. The summed E-state index contributed by atoms with van der Waals surface area (Å²) in [6.45, 7) is 9.28. The van der Waals surface area contributed by atoms with Crippen LogP contribution in [0, 0.1) is 5.92 Å². The van der Waals surface area contributed by atoms with Gasteiger partial charge >= 0.3 is 0 Å². The molecule has 0 aromatic carbocycles. The molecule has 1 saturated carbocycles. The molecule has 0 aromatic heterocycles. The normalized spacial score (nSPS) is 19.9. The summed E-state index contributed by atoms with van der Waals surface area (Å²) < 4.78 is 0. The van der Waals surface area contributed by atoms with Crippen molar-refractivity contribution in [2.45, 2.75) is 45.1 Å². The summed E-state index contributed by atoms with van der Waals surface area (Å²) in [5.41, 5.74) is 0. The summed E-state index contributed by atoms with van der Waals surface area (Å²) in [5, 5.41) is 3.39. The summed E-state index contributed by atoms with van der Waals surface area (Å²) in [7, 11) is 2.26. The molecule has 0 spiro atoms. The van der Waals surface area contributed by atoms with Gasteiger partial charge < -0.3 is 10.2 Å². The first-order valence-electron chi connectivity index (χ1n) is 6.76. The van der Waals surface area contributed by atoms with Gasteiger partial charge in [0.25, 0.3) is 0 Å². The Bertz CT molecular complexity index is 185. The van der Waals surface area contributed by atoms with Crippen LogP contribution in [-0.2, 0) is 0 Å². The highest BCUT2D eigenvalue weighted by Crippen LogP contribution is 2.24. The predicted molar refractivity (Wildman–Crippen MR) is 71.7 cm³/mol. The number of nitrogens with one attached hydrogen (secondary N) is 1. The van der Waals surface area contributed by atoms with Crippen LogP contribution in [0.4, 0.5) is 0 Å². The van der Waals surface area contributed by atoms with Gasteiger partial charge in [0.05, 0.1) is 0 Å². The molecular formula is C14H28N2. The van der Waals surface area contributed by atoms with Gasteiger partial charge in [-0.1, -0.05) is 25.3 Å². The van der Waals surface area contributed by atoms with Crippen molar-refractivity contribution in [3.63, 3.8) is 0 Å². The van der Waals surface area contributed by atoms with Gasteiger partial charge in [-0.25, -0.2) is 0 Å². The van der Waals surface area contributed by atoms with Crippen LogP contribution in [0.2, 0.25) is 0 Å². The molecule has 2 nitrogen and oxygen atoms in total. The van der Waals surface area contributed by atoms with Crippen LogP contribution in [-0.4, -0.2) is 37.6 Å². The number of hydrogen-bond acceptors (Lipinski definition) is 2. The fraction of sp³-hybridized carbons (Fsp3) is 0.857. The summed E-state index contributed by atoms with van der Waals surface area (Å²) in [4.78, 5) is 2.51. The molecule has 0 aromatic rings. The van der Waals surface area contributed by atoms with E-state index in [0.717, 1.165) is 19.0 Å². The number of nitrogens with zero attached hydrogens (tertiary/aromatic N) is 1. The van der Waals surface area contributed by atoms with Crippen molar-refractivity contribution in [1.82, 2.24) is 10.2 Å². The molecule has 0 heterocycles. The maximum atomic E-state index is 3.72. The highest BCUT2D eigenvalue weighted by atomic mass is 15.1. The second-order valence-corrected chi connectivity index (χ2v) is 5.24. The van der Waals surface area contributed by atoms with E-state index in [4.69, 9.17) is 0 Å². The van der Waals surface area contributed by atoms with Crippen LogP contribution < -0.4 is 5.32 Å². The van der Waals surface area contributed by atoms with Crippen LogP contribution >= 0.6 is 0 Å².